The van der Waals surface area contributed by atoms with Crippen LogP contribution in [0.1, 0.15) is 39.9 Å². The van der Waals surface area contributed by atoms with Gasteiger partial charge in [0, 0.05) is 11.6 Å². The molecule has 3 aromatic rings. The van der Waals surface area contributed by atoms with Crippen LogP contribution in [0, 0.1) is 11.3 Å². The minimum Gasteiger partial charge on any atom is -0.478 e. The SMILES string of the molecule is C[C@H](NC(=O)OCC1c2ccccc2-c2ccccc21)C(=O)Nc1ccc(C(=O)O)c(C#N)c1. The maximum absolute atomic E-state index is 12.5. The van der Waals surface area contributed by atoms with E-state index in [9.17, 15) is 14.4 Å². The Morgan fingerprint density at radius 3 is 2.24 bits per heavy atom. The van der Waals surface area contributed by atoms with Crippen molar-refractivity contribution in [3.05, 3.63) is 89.0 Å². The standard InChI is InChI=1S/C26H21N3O5/c1-15(24(30)29-17-10-11-18(25(31)32)16(12-17)13-27)28-26(33)34-14-23-21-8-4-2-6-19(21)20-7-3-5-9-22(20)23/h2-12,15,23H,14H2,1H3,(H,28,33)(H,29,30)(H,31,32)/t15-/m0/s1. The average Bonchev–Trinajstić information content (AvgIpc) is 3.16. The molecule has 0 aliphatic heterocycles. The molecule has 0 bridgehead atoms. The van der Waals surface area contributed by atoms with Gasteiger partial charge in [0.05, 0.1) is 11.1 Å². The van der Waals surface area contributed by atoms with Crippen LogP contribution >= 0.6 is 0 Å². The molecule has 3 aromatic carbocycles. The molecule has 8 heteroatoms. The monoisotopic (exact) mass is 455 g/mol. The number of ether oxygens (including phenoxy) is 1. The molecular weight excluding hydrogens is 434 g/mol. The van der Waals surface area contributed by atoms with Crippen LogP contribution in [-0.2, 0) is 9.53 Å². The molecule has 170 valence electrons. The third-order valence-corrected chi connectivity index (χ3v) is 5.71. The molecule has 0 aromatic heterocycles. The van der Waals surface area contributed by atoms with Crippen LogP contribution in [0.15, 0.2) is 66.7 Å². The van der Waals surface area contributed by atoms with Gasteiger partial charge < -0.3 is 20.5 Å². The molecule has 3 N–H and O–H groups in total. The molecule has 0 radical (unpaired) electrons. The number of nitrogens with zero attached hydrogens (tertiary/aromatic N) is 1. The van der Waals surface area contributed by atoms with Crippen LogP contribution in [0.5, 0.6) is 0 Å². The number of alkyl carbamates (subject to hydrolysis) is 1. The predicted octanol–water partition coefficient (Wildman–Crippen LogP) is 4.12. The van der Waals surface area contributed by atoms with Gasteiger partial charge in [-0.1, -0.05) is 48.5 Å². The van der Waals surface area contributed by atoms with E-state index in [0.29, 0.717) is 0 Å². The molecule has 1 aliphatic carbocycles. The number of carboxylic acid groups (broad SMARTS) is 1. The van der Waals surface area contributed by atoms with E-state index in [0.717, 1.165) is 22.3 Å². The molecule has 0 saturated heterocycles. The number of carbonyl (C=O) groups excluding carboxylic acids is 2. The first kappa shape index (κ1) is 22.6. The van der Waals surface area contributed by atoms with Crippen molar-refractivity contribution >= 4 is 23.7 Å². The lowest BCUT2D eigenvalue weighted by molar-refractivity contribution is -0.117. The lowest BCUT2D eigenvalue weighted by atomic mass is 9.98. The van der Waals surface area contributed by atoms with Gasteiger partial charge in [0.2, 0.25) is 5.91 Å². The topological polar surface area (TPSA) is 129 Å². The minimum atomic E-state index is -1.24. The van der Waals surface area contributed by atoms with Gasteiger partial charge in [-0.2, -0.15) is 5.26 Å². The Balaban J connectivity index is 1.36. The third kappa shape index (κ3) is 4.45. The summed E-state index contributed by atoms with van der Waals surface area (Å²) in [5.41, 5.74) is 4.40. The van der Waals surface area contributed by atoms with Crippen molar-refractivity contribution < 1.29 is 24.2 Å². The second kappa shape index (κ2) is 9.46. The van der Waals surface area contributed by atoms with Crippen LogP contribution in [0.3, 0.4) is 0 Å². The Morgan fingerprint density at radius 1 is 1.03 bits per heavy atom. The zero-order valence-electron chi connectivity index (χ0n) is 18.2. The smallest absolute Gasteiger partial charge is 0.407 e. The second-order valence-electron chi connectivity index (χ2n) is 7.86. The highest BCUT2D eigenvalue weighted by Gasteiger charge is 2.29. The number of fused-ring (bicyclic) bond motifs is 3. The van der Waals surface area contributed by atoms with Crippen LogP contribution in [0.25, 0.3) is 11.1 Å². The molecule has 8 nitrogen and oxygen atoms in total. The zero-order chi connectivity index (χ0) is 24.2. The number of anilines is 1. The fourth-order valence-electron chi connectivity index (χ4n) is 4.03. The van der Waals surface area contributed by atoms with E-state index >= 15 is 0 Å². The molecule has 1 aliphatic rings. The predicted molar refractivity (Wildman–Crippen MR) is 124 cm³/mol. The van der Waals surface area contributed by atoms with E-state index in [1.54, 1.807) is 6.07 Å². The van der Waals surface area contributed by atoms with Crippen LogP contribution in [0.4, 0.5) is 10.5 Å². The maximum atomic E-state index is 12.5. The first-order valence-corrected chi connectivity index (χ1v) is 10.6. The fraction of sp³-hybridized carbons (Fsp3) is 0.154. The van der Waals surface area contributed by atoms with E-state index in [4.69, 9.17) is 15.1 Å². The Bertz CT molecular complexity index is 1280. The first-order chi connectivity index (χ1) is 16.4. The number of nitriles is 1. The molecule has 0 fully saturated rings. The molecule has 2 amide bonds. The van der Waals surface area contributed by atoms with Crippen LogP contribution < -0.4 is 10.6 Å². The summed E-state index contributed by atoms with van der Waals surface area (Å²) in [4.78, 5) is 36.0. The number of rotatable bonds is 6. The van der Waals surface area contributed by atoms with Gasteiger partial charge in [-0.15, -0.1) is 0 Å². The van der Waals surface area contributed by atoms with Gasteiger partial charge in [-0.05, 0) is 47.4 Å². The number of carboxylic acids is 1. The highest BCUT2D eigenvalue weighted by Crippen LogP contribution is 2.44. The number of aromatic carboxylic acids is 1. The molecule has 0 saturated carbocycles. The largest absolute Gasteiger partial charge is 0.478 e. The summed E-state index contributed by atoms with van der Waals surface area (Å²) in [6.07, 6.45) is -0.733. The number of amides is 2. The first-order valence-electron chi connectivity index (χ1n) is 10.6. The molecule has 34 heavy (non-hydrogen) atoms. The quantitative estimate of drug-likeness (QED) is 0.513. The summed E-state index contributed by atoms with van der Waals surface area (Å²) in [7, 11) is 0. The average molecular weight is 455 g/mol. The Kier molecular flexibility index (Phi) is 6.28. The number of nitrogens with one attached hydrogen (secondary N) is 2. The number of hydrogen-bond acceptors (Lipinski definition) is 5. The van der Waals surface area contributed by atoms with Crippen LogP contribution in [0.2, 0.25) is 0 Å². The molecule has 0 unspecified atom stereocenters. The fourth-order valence-corrected chi connectivity index (χ4v) is 4.03. The van der Waals surface area contributed by atoms with Crippen molar-refractivity contribution in [1.82, 2.24) is 5.32 Å². The minimum absolute atomic E-state index is 0.0811. The molecule has 4 rings (SSSR count). The lowest BCUT2D eigenvalue weighted by Gasteiger charge is -2.17. The van der Waals surface area contributed by atoms with E-state index in [1.807, 2.05) is 48.5 Å². The van der Waals surface area contributed by atoms with Crippen molar-refractivity contribution in [2.45, 2.75) is 18.9 Å². The Morgan fingerprint density at radius 2 is 1.65 bits per heavy atom. The van der Waals surface area contributed by atoms with Gasteiger partial charge in [0.1, 0.15) is 18.7 Å². The van der Waals surface area contributed by atoms with Gasteiger partial charge in [0.25, 0.3) is 0 Å². The Labute approximate surface area is 195 Å². The summed E-state index contributed by atoms with van der Waals surface area (Å²) >= 11 is 0. The van der Waals surface area contributed by atoms with Gasteiger partial charge in [-0.25, -0.2) is 9.59 Å². The summed E-state index contributed by atoms with van der Waals surface area (Å²) in [6, 6.07) is 20.7. The third-order valence-electron chi connectivity index (χ3n) is 5.71. The molecule has 1 atom stereocenters. The summed E-state index contributed by atoms with van der Waals surface area (Å²) < 4.78 is 5.45. The number of benzene rings is 3. The highest BCUT2D eigenvalue weighted by molar-refractivity contribution is 5.97. The van der Waals surface area contributed by atoms with Gasteiger partial charge in [0.15, 0.2) is 0 Å². The van der Waals surface area contributed by atoms with E-state index in [1.165, 1.54) is 25.1 Å². The zero-order valence-corrected chi connectivity index (χ0v) is 18.2. The van der Waals surface area contributed by atoms with Gasteiger partial charge >= 0.3 is 12.1 Å². The van der Waals surface area contributed by atoms with Crippen molar-refractivity contribution in [3.63, 3.8) is 0 Å². The highest BCUT2D eigenvalue weighted by atomic mass is 16.5. The summed E-state index contributed by atoms with van der Waals surface area (Å²) in [6.45, 7) is 1.62. The van der Waals surface area contributed by atoms with Gasteiger partial charge in [-0.3, -0.25) is 4.79 Å². The second-order valence-corrected chi connectivity index (χ2v) is 7.86. The molecule has 0 heterocycles. The Hall–Kier alpha value is -4.64. The van der Waals surface area contributed by atoms with E-state index in [2.05, 4.69) is 10.6 Å². The van der Waals surface area contributed by atoms with Crippen LogP contribution in [-0.4, -0.2) is 35.7 Å². The molecular formula is C26H21N3O5. The van der Waals surface area contributed by atoms with Crippen molar-refractivity contribution in [2.75, 3.05) is 11.9 Å². The normalized spacial score (nSPS) is 12.6. The summed E-state index contributed by atoms with van der Waals surface area (Å²) in [5, 5.41) is 23.3. The number of carbonyl (C=O) groups is 3. The van der Waals surface area contributed by atoms with E-state index < -0.39 is 24.0 Å². The maximum Gasteiger partial charge on any atom is 0.407 e. The number of hydrogen-bond donors (Lipinski definition) is 3. The van der Waals surface area contributed by atoms with E-state index in [-0.39, 0.29) is 29.3 Å². The van der Waals surface area contributed by atoms with Crippen molar-refractivity contribution in [2.24, 2.45) is 0 Å². The summed E-state index contributed by atoms with van der Waals surface area (Å²) in [5.74, 6) is -1.88. The van der Waals surface area contributed by atoms with Crippen molar-refractivity contribution in [3.8, 4) is 17.2 Å². The lowest BCUT2D eigenvalue weighted by Crippen LogP contribution is -2.42. The molecule has 0 spiro atoms. The van der Waals surface area contributed by atoms with Crippen molar-refractivity contribution in [1.29, 1.82) is 5.26 Å².